The number of unbranched alkanes of at least 4 members (excludes halogenated alkanes) is 1. The molecule has 0 spiro atoms. The molecule has 0 saturated heterocycles. The highest BCUT2D eigenvalue weighted by atomic mass is 14.8. The van der Waals surface area contributed by atoms with Crippen molar-refractivity contribution in [2.24, 2.45) is 46.8 Å². The predicted octanol–water partition coefficient (Wildman–Crippen LogP) is 9.50. The van der Waals surface area contributed by atoms with Crippen molar-refractivity contribution in [1.82, 2.24) is 5.32 Å². The van der Waals surface area contributed by atoms with Crippen LogP contribution in [0.1, 0.15) is 115 Å². The molecule has 4 aliphatic rings. The minimum Gasteiger partial charge on any atom is -0.399 e. The van der Waals surface area contributed by atoms with Crippen molar-refractivity contribution in [2.75, 3.05) is 12.8 Å². The van der Waals surface area contributed by atoms with Crippen LogP contribution in [0, 0.1) is 60.7 Å². The van der Waals surface area contributed by atoms with Gasteiger partial charge in [-0.15, -0.1) is 6.58 Å². The number of hydrogen-bond donors (Lipinski definition) is 2. The Morgan fingerprint density at radius 3 is 2.37 bits per heavy atom. The highest BCUT2D eigenvalue weighted by Gasteiger charge is 2.56. The summed E-state index contributed by atoms with van der Waals surface area (Å²) < 4.78 is 0. The molecule has 0 heterocycles. The molecule has 1 aromatic carbocycles. The zero-order chi connectivity index (χ0) is 27.3. The first-order valence-electron chi connectivity index (χ1n) is 16.4. The number of anilines is 1. The smallest absolute Gasteiger partial charge is 0.0319 e. The summed E-state index contributed by atoms with van der Waals surface area (Å²) in [6.07, 6.45) is 23.1. The van der Waals surface area contributed by atoms with Gasteiger partial charge in [0.15, 0.2) is 0 Å². The molecule has 9 unspecified atom stereocenters. The number of nitrogens with two attached hydrogens (primary N) is 1. The molecule has 0 radical (unpaired) electrons. The molecule has 4 fully saturated rings. The largest absolute Gasteiger partial charge is 0.399 e. The zero-order valence-electron chi connectivity index (χ0n) is 25.6. The Hall–Kier alpha value is -1.28. The SMILES string of the molecule is C=CCC1CCC2(C)C(CCC3C4CCC(CCCCC(C)NC)C4CCC32)C1.Cc1cc(C)cc(N)c1. The molecule has 1 aromatic rings. The Balaban J connectivity index is 0.000000317. The average Bonchev–Trinajstić information content (AvgIpc) is 3.29. The summed E-state index contributed by atoms with van der Waals surface area (Å²) in [5.41, 5.74) is 9.55. The van der Waals surface area contributed by atoms with Crippen LogP contribution in [0.4, 0.5) is 5.69 Å². The van der Waals surface area contributed by atoms with Gasteiger partial charge < -0.3 is 11.1 Å². The van der Waals surface area contributed by atoms with E-state index in [-0.39, 0.29) is 0 Å². The van der Waals surface area contributed by atoms with E-state index >= 15 is 0 Å². The number of aryl methyl sites for hydroxylation is 2. The Bertz CT molecular complexity index is 841. The summed E-state index contributed by atoms with van der Waals surface area (Å²) in [4.78, 5) is 0. The highest BCUT2D eigenvalue weighted by molar-refractivity contribution is 5.43. The highest BCUT2D eigenvalue weighted by Crippen LogP contribution is 2.64. The molecule has 38 heavy (non-hydrogen) atoms. The maximum absolute atomic E-state index is 5.56. The van der Waals surface area contributed by atoms with Gasteiger partial charge in [0.25, 0.3) is 0 Å². The molecule has 4 aliphatic carbocycles. The lowest BCUT2D eigenvalue weighted by molar-refractivity contribution is -0.0964. The van der Waals surface area contributed by atoms with Crippen LogP contribution in [0.25, 0.3) is 0 Å². The van der Waals surface area contributed by atoms with Gasteiger partial charge in [0.2, 0.25) is 0 Å². The summed E-state index contributed by atoms with van der Waals surface area (Å²) in [6.45, 7) is 13.2. The number of rotatable bonds is 8. The van der Waals surface area contributed by atoms with Crippen LogP contribution >= 0.6 is 0 Å². The van der Waals surface area contributed by atoms with Crippen molar-refractivity contribution in [3.8, 4) is 0 Å². The van der Waals surface area contributed by atoms with Gasteiger partial charge in [-0.05, 0) is 169 Å². The first kappa shape index (κ1) is 29.7. The van der Waals surface area contributed by atoms with Crippen molar-refractivity contribution in [2.45, 2.75) is 124 Å². The number of nitrogen functional groups attached to an aromatic ring is 1. The second-order valence-electron chi connectivity index (χ2n) is 14.4. The molecular formula is C36H60N2. The number of allylic oxidation sites excluding steroid dienone is 1. The van der Waals surface area contributed by atoms with Crippen LogP contribution in [0.5, 0.6) is 0 Å². The van der Waals surface area contributed by atoms with Crippen LogP contribution in [0.2, 0.25) is 0 Å². The molecule has 0 aliphatic heterocycles. The molecule has 0 aromatic heterocycles. The van der Waals surface area contributed by atoms with Crippen LogP contribution in [-0.4, -0.2) is 13.1 Å². The third-order valence-electron chi connectivity index (χ3n) is 11.9. The van der Waals surface area contributed by atoms with Crippen molar-refractivity contribution >= 4 is 5.69 Å². The maximum Gasteiger partial charge on any atom is 0.0319 e. The number of nitrogens with one attached hydrogen (secondary N) is 1. The lowest BCUT2D eigenvalue weighted by atomic mass is 9.46. The minimum absolute atomic E-state index is 0.674. The monoisotopic (exact) mass is 520 g/mol. The summed E-state index contributed by atoms with van der Waals surface area (Å²) in [7, 11) is 2.10. The molecule has 0 amide bonds. The fourth-order valence-electron chi connectivity index (χ4n) is 9.94. The molecule has 4 saturated carbocycles. The second kappa shape index (κ2) is 13.4. The molecule has 5 rings (SSSR count). The molecule has 0 bridgehead atoms. The standard InChI is InChI=1S/C28H49N.C8H11N/c1-5-8-21-17-18-28(3)23(19-21)12-14-26-25-13-11-22(24(25)15-16-27(26)28)10-7-6-9-20(2)29-4;1-6-3-7(2)5-8(9)4-6/h5,20-27,29H,1,6-19H2,2-4H3;3-5H,9H2,1-2H3. The summed E-state index contributed by atoms with van der Waals surface area (Å²) >= 11 is 0. The molecule has 2 nitrogen and oxygen atoms in total. The van der Waals surface area contributed by atoms with E-state index in [1.54, 1.807) is 38.5 Å². The number of fused-ring (bicyclic) bond motifs is 5. The lowest BCUT2D eigenvalue weighted by Gasteiger charge is -2.59. The van der Waals surface area contributed by atoms with Crippen LogP contribution < -0.4 is 11.1 Å². The average molecular weight is 521 g/mol. The zero-order valence-corrected chi connectivity index (χ0v) is 25.6. The molecule has 214 valence electrons. The first-order valence-corrected chi connectivity index (χ1v) is 16.4. The van der Waals surface area contributed by atoms with Gasteiger partial charge in [-0.3, -0.25) is 0 Å². The number of hydrogen-bond acceptors (Lipinski definition) is 2. The van der Waals surface area contributed by atoms with Gasteiger partial charge in [0.05, 0.1) is 0 Å². The van der Waals surface area contributed by atoms with Gasteiger partial charge in [-0.2, -0.15) is 0 Å². The van der Waals surface area contributed by atoms with Crippen LogP contribution in [0.15, 0.2) is 30.9 Å². The van der Waals surface area contributed by atoms with Gasteiger partial charge in [0, 0.05) is 11.7 Å². The van der Waals surface area contributed by atoms with E-state index in [2.05, 4.69) is 44.9 Å². The van der Waals surface area contributed by atoms with Crippen molar-refractivity contribution in [1.29, 1.82) is 0 Å². The van der Waals surface area contributed by atoms with Gasteiger partial charge in [-0.1, -0.05) is 38.3 Å². The third kappa shape index (κ3) is 6.89. The van der Waals surface area contributed by atoms with Gasteiger partial charge in [-0.25, -0.2) is 0 Å². The maximum atomic E-state index is 5.56. The predicted molar refractivity (Wildman–Crippen MR) is 166 cm³/mol. The molecule has 9 atom stereocenters. The van der Waals surface area contributed by atoms with E-state index in [4.69, 9.17) is 5.73 Å². The fraction of sp³-hybridized carbons (Fsp3) is 0.778. The molecular weight excluding hydrogens is 460 g/mol. The van der Waals surface area contributed by atoms with E-state index in [1.165, 1.54) is 62.5 Å². The van der Waals surface area contributed by atoms with E-state index < -0.39 is 0 Å². The Labute approximate surface area is 236 Å². The van der Waals surface area contributed by atoms with E-state index in [1.807, 2.05) is 26.0 Å². The second-order valence-corrected chi connectivity index (χ2v) is 14.4. The Kier molecular flexibility index (Phi) is 10.5. The Morgan fingerprint density at radius 2 is 1.68 bits per heavy atom. The quantitative estimate of drug-likeness (QED) is 0.203. The summed E-state index contributed by atoms with van der Waals surface area (Å²) in [5.74, 6) is 7.36. The third-order valence-corrected chi connectivity index (χ3v) is 11.9. The first-order chi connectivity index (χ1) is 18.2. The normalized spacial score (nSPS) is 36.7. The fourth-order valence-corrected chi connectivity index (χ4v) is 9.94. The Morgan fingerprint density at radius 1 is 0.974 bits per heavy atom. The topological polar surface area (TPSA) is 38.0 Å². The van der Waals surface area contributed by atoms with Crippen molar-refractivity contribution in [3.05, 3.63) is 42.0 Å². The van der Waals surface area contributed by atoms with Gasteiger partial charge in [0.1, 0.15) is 0 Å². The van der Waals surface area contributed by atoms with Crippen LogP contribution in [0.3, 0.4) is 0 Å². The van der Waals surface area contributed by atoms with E-state index in [0.29, 0.717) is 11.5 Å². The summed E-state index contributed by atoms with van der Waals surface area (Å²) in [5, 5.41) is 3.40. The van der Waals surface area contributed by atoms with Gasteiger partial charge >= 0.3 is 0 Å². The van der Waals surface area contributed by atoms with Crippen LogP contribution in [-0.2, 0) is 0 Å². The number of benzene rings is 1. The van der Waals surface area contributed by atoms with E-state index in [9.17, 15) is 0 Å². The minimum atomic E-state index is 0.674. The van der Waals surface area contributed by atoms with Crippen molar-refractivity contribution < 1.29 is 0 Å². The molecule has 2 heteroatoms. The van der Waals surface area contributed by atoms with E-state index in [0.717, 1.165) is 47.1 Å². The molecule has 3 N–H and O–H groups in total. The summed E-state index contributed by atoms with van der Waals surface area (Å²) in [6, 6.07) is 6.73. The lowest BCUT2D eigenvalue weighted by Crippen LogP contribution is -2.51. The van der Waals surface area contributed by atoms with Crippen molar-refractivity contribution in [3.63, 3.8) is 0 Å².